The Balaban J connectivity index is 0.00000161. The third-order valence-electron chi connectivity index (χ3n) is 4.11. The van der Waals surface area contributed by atoms with Gasteiger partial charge in [0, 0.05) is 30.8 Å². The maximum atomic E-state index is 12.5. The fourth-order valence-corrected chi connectivity index (χ4v) is 3.80. The van der Waals surface area contributed by atoms with Crippen molar-refractivity contribution in [2.45, 2.75) is 18.8 Å². The van der Waals surface area contributed by atoms with Crippen LogP contribution in [0.15, 0.2) is 18.3 Å². The van der Waals surface area contributed by atoms with Gasteiger partial charge in [0.2, 0.25) is 0 Å². The van der Waals surface area contributed by atoms with Crippen LogP contribution in [0.1, 0.15) is 34.8 Å². The second-order valence-corrected chi connectivity index (χ2v) is 6.63. The number of aromatic nitrogens is 1. The molecule has 1 N–H and O–H groups in total. The zero-order valence-electron chi connectivity index (χ0n) is 12.1. The van der Waals surface area contributed by atoms with E-state index in [1.54, 1.807) is 6.20 Å². The summed E-state index contributed by atoms with van der Waals surface area (Å²) < 4.78 is 0. The van der Waals surface area contributed by atoms with E-state index < -0.39 is 0 Å². The van der Waals surface area contributed by atoms with Crippen molar-refractivity contribution in [2.75, 3.05) is 37.7 Å². The predicted molar refractivity (Wildman–Crippen MR) is 89.6 cm³/mol. The molecule has 6 heteroatoms. The first-order valence-corrected chi connectivity index (χ1v) is 8.54. The second-order valence-electron chi connectivity index (χ2n) is 5.40. The summed E-state index contributed by atoms with van der Waals surface area (Å²) in [4.78, 5) is 18.7. The summed E-state index contributed by atoms with van der Waals surface area (Å²) in [6.45, 7) is 3.84. The molecule has 1 aromatic heterocycles. The Hall–Kier alpha value is -0.780. The van der Waals surface area contributed by atoms with E-state index in [0.717, 1.165) is 50.5 Å². The third-order valence-corrected chi connectivity index (χ3v) is 5.05. The number of rotatable bonds is 2. The molecule has 0 unspecified atom stereocenters. The highest BCUT2D eigenvalue weighted by atomic mass is 35.5. The zero-order chi connectivity index (χ0) is 13.8. The summed E-state index contributed by atoms with van der Waals surface area (Å²) in [5.41, 5.74) is 1.89. The molecule has 4 nitrogen and oxygen atoms in total. The number of halogens is 1. The maximum Gasteiger partial charge on any atom is 0.272 e. The van der Waals surface area contributed by atoms with Gasteiger partial charge in [-0.2, -0.15) is 11.8 Å². The summed E-state index contributed by atoms with van der Waals surface area (Å²) in [5, 5.41) is 3.38. The van der Waals surface area contributed by atoms with E-state index in [1.165, 1.54) is 5.56 Å². The van der Waals surface area contributed by atoms with Crippen molar-refractivity contribution in [1.82, 2.24) is 15.2 Å². The van der Waals surface area contributed by atoms with Crippen LogP contribution in [0.5, 0.6) is 0 Å². The predicted octanol–water partition coefficient (Wildman–Crippen LogP) is 2.16. The normalized spacial score (nSPS) is 19.9. The van der Waals surface area contributed by atoms with E-state index in [9.17, 15) is 4.79 Å². The number of thioether (sulfide) groups is 1. The van der Waals surface area contributed by atoms with Gasteiger partial charge in [0.25, 0.3) is 5.91 Å². The smallest absolute Gasteiger partial charge is 0.272 e. The SMILES string of the molecule is Cl.O=C(c1cc(C2CCNCC2)ccn1)N1CCSCC1. The zero-order valence-corrected chi connectivity index (χ0v) is 13.7. The number of pyridine rings is 1. The number of nitrogens with one attached hydrogen (secondary N) is 1. The Bertz CT molecular complexity index is 474. The summed E-state index contributed by atoms with van der Waals surface area (Å²) in [6, 6.07) is 4.08. The van der Waals surface area contributed by atoms with E-state index in [1.807, 2.05) is 22.7 Å². The van der Waals surface area contributed by atoms with Crippen LogP contribution in [-0.4, -0.2) is 53.5 Å². The van der Waals surface area contributed by atoms with Gasteiger partial charge in [-0.3, -0.25) is 9.78 Å². The van der Waals surface area contributed by atoms with Crippen molar-refractivity contribution in [1.29, 1.82) is 0 Å². The molecule has 2 aliphatic rings. The molecule has 2 fully saturated rings. The van der Waals surface area contributed by atoms with E-state index >= 15 is 0 Å². The van der Waals surface area contributed by atoms with Crippen LogP contribution in [-0.2, 0) is 0 Å². The topological polar surface area (TPSA) is 45.2 Å². The van der Waals surface area contributed by atoms with E-state index in [0.29, 0.717) is 11.6 Å². The molecule has 2 aliphatic heterocycles. The fourth-order valence-electron chi connectivity index (χ4n) is 2.90. The van der Waals surface area contributed by atoms with Crippen LogP contribution in [0.25, 0.3) is 0 Å². The van der Waals surface area contributed by atoms with Gasteiger partial charge in [-0.25, -0.2) is 0 Å². The number of hydrogen-bond acceptors (Lipinski definition) is 4. The van der Waals surface area contributed by atoms with Crippen LogP contribution in [0.4, 0.5) is 0 Å². The Morgan fingerprint density at radius 1 is 1.29 bits per heavy atom. The molecule has 0 aliphatic carbocycles. The first kappa shape index (κ1) is 16.6. The van der Waals surface area contributed by atoms with Crippen molar-refractivity contribution in [2.24, 2.45) is 0 Å². The van der Waals surface area contributed by atoms with Crippen LogP contribution < -0.4 is 5.32 Å². The summed E-state index contributed by atoms with van der Waals surface area (Å²) in [7, 11) is 0. The quantitative estimate of drug-likeness (QED) is 0.904. The molecular weight excluding hydrogens is 306 g/mol. The number of piperidine rings is 1. The molecule has 0 spiro atoms. The van der Waals surface area contributed by atoms with Gasteiger partial charge in [-0.05, 0) is 49.5 Å². The van der Waals surface area contributed by atoms with Gasteiger partial charge in [0.1, 0.15) is 5.69 Å². The highest BCUT2D eigenvalue weighted by Crippen LogP contribution is 2.25. The van der Waals surface area contributed by atoms with E-state index in [2.05, 4.69) is 16.4 Å². The minimum absolute atomic E-state index is 0. The molecule has 0 atom stereocenters. The highest BCUT2D eigenvalue weighted by molar-refractivity contribution is 7.99. The molecule has 0 saturated carbocycles. The van der Waals surface area contributed by atoms with Gasteiger partial charge >= 0.3 is 0 Å². The Labute approximate surface area is 136 Å². The van der Waals surface area contributed by atoms with E-state index in [4.69, 9.17) is 0 Å². The Morgan fingerprint density at radius 3 is 2.71 bits per heavy atom. The molecule has 0 bridgehead atoms. The van der Waals surface area contributed by atoms with Crippen LogP contribution >= 0.6 is 24.2 Å². The minimum atomic E-state index is 0. The lowest BCUT2D eigenvalue weighted by Gasteiger charge is -2.27. The molecular formula is C15H22ClN3OS. The number of carbonyl (C=O) groups excluding carboxylic acids is 1. The minimum Gasteiger partial charge on any atom is -0.336 e. The number of hydrogen-bond donors (Lipinski definition) is 1. The van der Waals surface area contributed by atoms with Crippen molar-refractivity contribution in [3.63, 3.8) is 0 Å². The van der Waals surface area contributed by atoms with Gasteiger partial charge < -0.3 is 10.2 Å². The lowest BCUT2D eigenvalue weighted by Crippen LogP contribution is -2.38. The van der Waals surface area contributed by atoms with Crippen LogP contribution in [0.3, 0.4) is 0 Å². The van der Waals surface area contributed by atoms with Gasteiger partial charge in [0.05, 0.1) is 0 Å². The second kappa shape index (κ2) is 8.01. The lowest BCUT2D eigenvalue weighted by molar-refractivity contribution is 0.0766. The standard InChI is InChI=1S/C15H21N3OS.ClH/c19-15(18-7-9-20-10-8-18)14-11-13(3-6-17-14)12-1-4-16-5-2-12;/h3,6,11-12,16H,1-2,4-5,7-10H2;1H. The molecule has 116 valence electrons. The first-order chi connectivity index (χ1) is 9.84. The third kappa shape index (κ3) is 4.11. The molecule has 0 radical (unpaired) electrons. The molecule has 0 aromatic carbocycles. The molecule has 1 amide bonds. The average molecular weight is 328 g/mol. The summed E-state index contributed by atoms with van der Waals surface area (Å²) >= 11 is 1.92. The Morgan fingerprint density at radius 2 is 2.00 bits per heavy atom. The molecule has 1 aromatic rings. The molecule has 3 rings (SSSR count). The Kier molecular flexibility index (Phi) is 6.33. The van der Waals surface area contributed by atoms with Crippen LogP contribution in [0, 0.1) is 0 Å². The van der Waals surface area contributed by atoms with Crippen LogP contribution in [0.2, 0.25) is 0 Å². The average Bonchev–Trinajstić information content (AvgIpc) is 2.56. The largest absolute Gasteiger partial charge is 0.336 e. The highest BCUT2D eigenvalue weighted by Gasteiger charge is 2.21. The van der Waals surface area contributed by atoms with Crippen molar-refractivity contribution < 1.29 is 4.79 Å². The van der Waals surface area contributed by atoms with Crippen molar-refractivity contribution in [3.05, 3.63) is 29.6 Å². The van der Waals surface area contributed by atoms with Gasteiger partial charge in [0.15, 0.2) is 0 Å². The number of carbonyl (C=O) groups is 1. The van der Waals surface area contributed by atoms with Gasteiger partial charge in [-0.1, -0.05) is 0 Å². The molecule has 21 heavy (non-hydrogen) atoms. The maximum absolute atomic E-state index is 12.5. The molecule has 2 saturated heterocycles. The summed E-state index contributed by atoms with van der Waals surface area (Å²) in [6.07, 6.45) is 4.10. The lowest BCUT2D eigenvalue weighted by atomic mass is 9.90. The van der Waals surface area contributed by atoms with Gasteiger partial charge in [-0.15, -0.1) is 12.4 Å². The fraction of sp³-hybridized carbons (Fsp3) is 0.600. The summed E-state index contributed by atoms with van der Waals surface area (Å²) in [5.74, 6) is 2.75. The van der Waals surface area contributed by atoms with Crippen molar-refractivity contribution in [3.8, 4) is 0 Å². The monoisotopic (exact) mass is 327 g/mol. The van der Waals surface area contributed by atoms with E-state index in [-0.39, 0.29) is 18.3 Å². The number of amides is 1. The number of nitrogens with zero attached hydrogens (tertiary/aromatic N) is 2. The first-order valence-electron chi connectivity index (χ1n) is 7.38. The molecule has 3 heterocycles. The van der Waals surface area contributed by atoms with Crippen molar-refractivity contribution >= 4 is 30.1 Å².